The third-order valence-corrected chi connectivity index (χ3v) is 5.96. The van der Waals surface area contributed by atoms with Gasteiger partial charge in [0.15, 0.2) is 9.84 Å². The molecule has 0 radical (unpaired) electrons. The highest BCUT2D eigenvalue weighted by atomic mass is 32.2. The van der Waals surface area contributed by atoms with Crippen molar-refractivity contribution in [2.45, 2.75) is 12.5 Å². The molecule has 24 heavy (non-hydrogen) atoms. The van der Waals surface area contributed by atoms with Gasteiger partial charge in [-0.15, -0.1) is 0 Å². The summed E-state index contributed by atoms with van der Waals surface area (Å²) in [5.74, 6) is 0.232. The van der Waals surface area contributed by atoms with Crippen molar-refractivity contribution in [3.63, 3.8) is 0 Å². The molecule has 3 rings (SSSR count). The number of hydrogen-bond donors (Lipinski definition) is 1. The molecule has 1 saturated heterocycles. The fraction of sp³-hybridized carbons (Fsp3) is 0.294. The number of pyridine rings is 1. The molecule has 126 valence electrons. The van der Waals surface area contributed by atoms with Crippen LogP contribution in [0.25, 0.3) is 0 Å². The number of sulfone groups is 1. The molecule has 1 aromatic heterocycles. The second-order valence-corrected chi connectivity index (χ2v) is 8.14. The zero-order valence-electron chi connectivity index (χ0n) is 13.3. The first-order chi connectivity index (χ1) is 11.4. The van der Waals surface area contributed by atoms with Crippen LogP contribution in [0.5, 0.6) is 0 Å². The first-order valence-corrected chi connectivity index (χ1v) is 9.51. The van der Waals surface area contributed by atoms with Crippen molar-refractivity contribution in [1.82, 2.24) is 4.98 Å². The van der Waals surface area contributed by atoms with Crippen molar-refractivity contribution >= 4 is 27.1 Å². The second-order valence-electron chi connectivity index (χ2n) is 5.91. The Balaban J connectivity index is 1.66. The second kappa shape index (κ2) is 6.60. The van der Waals surface area contributed by atoms with Crippen LogP contribution in [0.15, 0.2) is 48.8 Å². The summed E-state index contributed by atoms with van der Waals surface area (Å²) in [6.07, 6.45) is 3.78. The van der Waals surface area contributed by atoms with Gasteiger partial charge in [-0.05, 0) is 42.8 Å². The number of benzene rings is 1. The van der Waals surface area contributed by atoms with E-state index in [-0.39, 0.29) is 23.5 Å². The largest absolute Gasteiger partial charge is 0.371 e. The lowest BCUT2D eigenvalue weighted by Gasteiger charge is -2.25. The first kappa shape index (κ1) is 16.4. The molecule has 6 nitrogen and oxygen atoms in total. The number of anilines is 2. The van der Waals surface area contributed by atoms with Gasteiger partial charge in [-0.3, -0.25) is 9.78 Å². The third-order valence-electron chi connectivity index (χ3n) is 4.21. The predicted molar refractivity (Wildman–Crippen MR) is 94.1 cm³/mol. The van der Waals surface area contributed by atoms with E-state index in [2.05, 4.69) is 10.3 Å². The van der Waals surface area contributed by atoms with Crippen LogP contribution in [0.4, 0.5) is 11.4 Å². The average molecular weight is 345 g/mol. The molecule has 2 aromatic rings. The summed E-state index contributed by atoms with van der Waals surface area (Å²) < 4.78 is 23.2. The van der Waals surface area contributed by atoms with Gasteiger partial charge in [0, 0.05) is 36.9 Å². The summed E-state index contributed by atoms with van der Waals surface area (Å²) in [6, 6.07) is 10.8. The molecule has 1 atom stereocenters. The average Bonchev–Trinajstić information content (AvgIpc) is 2.95. The molecule has 1 fully saturated rings. The summed E-state index contributed by atoms with van der Waals surface area (Å²) in [4.78, 5) is 18.0. The quantitative estimate of drug-likeness (QED) is 0.916. The first-order valence-electron chi connectivity index (χ1n) is 7.69. The minimum atomic E-state index is -2.91. The Morgan fingerprint density at radius 1 is 1.25 bits per heavy atom. The van der Waals surface area contributed by atoms with Crippen molar-refractivity contribution < 1.29 is 13.2 Å². The summed E-state index contributed by atoms with van der Waals surface area (Å²) >= 11 is 0. The number of amides is 1. The van der Waals surface area contributed by atoms with Gasteiger partial charge < -0.3 is 10.2 Å². The molecule has 1 aliphatic heterocycles. The van der Waals surface area contributed by atoms with E-state index in [0.717, 1.165) is 5.69 Å². The number of carbonyl (C=O) groups excluding carboxylic acids is 1. The fourth-order valence-electron chi connectivity index (χ4n) is 2.77. The molecule has 7 heteroatoms. The van der Waals surface area contributed by atoms with E-state index in [9.17, 15) is 13.2 Å². The van der Waals surface area contributed by atoms with E-state index in [1.54, 1.807) is 18.3 Å². The van der Waals surface area contributed by atoms with Crippen molar-refractivity contribution in [1.29, 1.82) is 0 Å². The van der Waals surface area contributed by atoms with Gasteiger partial charge in [0.25, 0.3) is 5.91 Å². The minimum Gasteiger partial charge on any atom is -0.371 e. The van der Waals surface area contributed by atoms with Crippen molar-refractivity contribution in [3.8, 4) is 0 Å². The predicted octanol–water partition coefficient (Wildman–Crippen LogP) is 1.96. The lowest BCUT2D eigenvalue weighted by Crippen LogP contribution is -2.32. The Hall–Kier alpha value is -2.41. The van der Waals surface area contributed by atoms with Crippen molar-refractivity contribution in [2.75, 3.05) is 28.8 Å². The van der Waals surface area contributed by atoms with E-state index >= 15 is 0 Å². The topological polar surface area (TPSA) is 79.4 Å². The van der Waals surface area contributed by atoms with E-state index in [1.807, 2.05) is 36.2 Å². The Morgan fingerprint density at radius 2 is 2.00 bits per heavy atom. The van der Waals surface area contributed by atoms with Crippen LogP contribution in [0.2, 0.25) is 0 Å². The SMILES string of the molecule is CN(c1ccc(NC(=O)c2cccnc2)cc1)C1CCS(=O)(=O)C1. The van der Waals surface area contributed by atoms with Gasteiger partial charge in [-0.2, -0.15) is 0 Å². The molecule has 1 aromatic carbocycles. The Morgan fingerprint density at radius 3 is 2.58 bits per heavy atom. The molecular weight excluding hydrogens is 326 g/mol. The van der Waals surface area contributed by atoms with Crippen LogP contribution >= 0.6 is 0 Å². The van der Waals surface area contributed by atoms with Gasteiger partial charge in [-0.1, -0.05) is 0 Å². The highest BCUT2D eigenvalue weighted by Crippen LogP contribution is 2.24. The number of hydrogen-bond acceptors (Lipinski definition) is 5. The maximum Gasteiger partial charge on any atom is 0.257 e. The minimum absolute atomic E-state index is 0.00540. The third kappa shape index (κ3) is 3.73. The summed E-state index contributed by atoms with van der Waals surface area (Å²) in [5.41, 5.74) is 2.10. The van der Waals surface area contributed by atoms with Crippen molar-refractivity contribution in [2.24, 2.45) is 0 Å². The van der Waals surface area contributed by atoms with Gasteiger partial charge in [0.2, 0.25) is 0 Å². The Kier molecular flexibility index (Phi) is 4.53. The van der Waals surface area contributed by atoms with Gasteiger partial charge in [0.05, 0.1) is 17.1 Å². The summed E-state index contributed by atoms with van der Waals surface area (Å²) in [7, 11) is -1.01. The zero-order valence-corrected chi connectivity index (χ0v) is 14.2. The maximum atomic E-state index is 12.1. The lowest BCUT2D eigenvalue weighted by molar-refractivity contribution is 0.102. The van der Waals surface area contributed by atoms with Crippen LogP contribution in [0.1, 0.15) is 16.8 Å². The standard InChI is InChI=1S/C17H19N3O3S/c1-20(16-8-10-24(22,23)12-16)15-6-4-14(5-7-15)19-17(21)13-3-2-9-18-11-13/h2-7,9,11,16H,8,10,12H2,1H3,(H,19,21). The number of rotatable bonds is 4. The van der Waals surface area contributed by atoms with Crippen LogP contribution in [0, 0.1) is 0 Å². The van der Waals surface area contributed by atoms with Crippen LogP contribution in [-0.4, -0.2) is 43.9 Å². The van der Waals surface area contributed by atoms with E-state index < -0.39 is 9.84 Å². The van der Waals surface area contributed by atoms with Gasteiger partial charge in [0.1, 0.15) is 0 Å². The monoisotopic (exact) mass is 345 g/mol. The Labute approximate surface area is 141 Å². The summed E-state index contributed by atoms with van der Waals surface area (Å²) in [5, 5.41) is 2.81. The molecule has 0 saturated carbocycles. The molecule has 0 spiro atoms. The fourth-order valence-corrected chi connectivity index (χ4v) is 4.55. The van der Waals surface area contributed by atoms with Gasteiger partial charge in [-0.25, -0.2) is 8.42 Å². The molecule has 1 amide bonds. The van der Waals surface area contributed by atoms with Crippen LogP contribution in [-0.2, 0) is 9.84 Å². The number of nitrogens with zero attached hydrogens (tertiary/aromatic N) is 2. The zero-order chi connectivity index (χ0) is 17.2. The molecule has 0 bridgehead atoms. The number of nitrogens with one attached hydrogen (secondary N) is 1. The molecule has 1 aliphatic rings. The molecular formula is C17H19N3O3S. The van der Waals surface area contributed by atoms with E-state index in [0.29, 0.717) is 17.7 Å². The maximum absolute atomic E-state index is 12.1. The molecule has 1 unspecified atom stereocenters. The van der Waals surface area contributed by atoms with Crippen molar-refractivity contribution in [3.05, 3.63) is 54.4 Å². The highest BCUT2D eigenvalue weighted by molar-refractivity contribution is 7.91. The molecule has 0 aliphatic carbocycles. The smallest absolute Gasteiger partial charge is 0.257 e. The van der Waals surface area contributed by atoms with Gasteiger partial charge >= 0.3 is 0 Å². The highest BCUT2D eigenvalue weighted by Gasteiger charge is 2.30. The Bertz CT molecular complexity index is 820. The number of aromatic nitrogens is 1. The van der Waals surface area contributed by atoms with E-state index in [1.165, 1.54) is 6.20 Å². The van der Waals surface area contributed by atoms with Crippen LogP contribution in [0.3, 0.4) is 0 Å². The lowest BCUT2D eigenvalue weighted by atomic mass is 10.2. The summed E-state index contributed by atoms with van der Waals surface area (Å²) in [6.45, 7) is 0. The van der Waals surface area contributed by atoms with Crippen LogP contribution < -0.4 is 10.2 Å². The normalized spacial score (nSPS) is 19.0. The number of carbonyl (C=O) groups is 1. The molecule has 2 heterocycles. The van der Waals surface area contributed by atoms with E-state index in [4.69, 9.17) is 0 Å². The molecule has 1 N–H and O–H groups in total.